The van der Waals surface area contributed by atoms with E-state index in [0.29, 0.717) is 15.7 Å². The summed E-state index contributed by atoms with van der Waals surface area (Å²) in [5, 5.41) is 2.56. The molecule has 0 radical (unpaired) electrons. The van der Waals surface area contributed by atoms with Crippen LogP contribution in [0.2, 0.25) is 0 Å². The topological polar surface area (TPSA) is 29.1 Å². The summed E-state index contributed by atoms with van der Waals surface area (Å²) < 4.78 is 26.5. The Hall–Kier alpha value is -1.75. The van der Waals surface area contributed by atoms with Gasteiger partial charge in [-0.1, -0.05) is 12.1 Å². The highest BCUT2D eigenvalue weighted by Crippen LogP contribution is 2.19. The lowest BCUT2D eigenvalue weighted by atomic mass is 10.1. The van der Waals surface area contributed by atoms with Crippen LogP contribution >= 0.6 is 15.9 Å². The number of amides is 1. The van der Waals surface area contributed by atoms with Crippen LogP contribution in [0.4, 0.5) is 14.5 Å². The first kappa shape index (κ1) is 13.7. The molecule has 2 nitrogen and oxygen atoms in total. The summed E-state index contributed by atoms with van der Waals surface area (Å²) in [5.74, 6) is -1.17. The number of hydrogen-bond acceptors (Lipinski definition) is 1. The zero-order chi connectivity index (χ0) is 13.8. The molecule has 0 saturated heterocycles. The molecule has 19 heavy (non-hydrogen) atoms. The van der Waals surface area contributed by atoms with Crippen LogP contribution in [0.5, 0.6) is 0 Å². The van der Waals surface area contributed by atoms with Gasteiger partial charge in [0.25, 0.3) is 0 Å². The van der Waals surface area contributed by atoms with Crippen molar-refractivity contribution in [2.24, 2.45) is 0 Å². The number of rotatable bonds is 3. The Bertz CT molecular complexity index is 616. The second-order valence-corrected chi connectivity index (χ2v) is 4.84. The quantitative estimate of drug-likeness (QED) is 0.910. The lowest BCUT2D eigenvalue weighted by Crippen LogP contribution is -2.14. The number of benzene rings is 2. The molecule has 0 bridgehead atoms. The first-order valence-corrected chi connectivity index (χ1v) is 6.33. The van der Waals surface area contributed by atoms with Crippen LogP contribution in [0.25, 0.3) is 0 Å². The highest BCUT2D eigenvalue weighted by Gasteiger charge is 2.06. The van der Waals surface area contributed by atoms with Gasteiger partial charge in [-0.05, 0) is 51.8 Å². The van der Waals surface area contributed by atoms with Crippen LogP contribution in [0.3, 0.4) is 0 Å². The standard InChI is InChI=1S/C14H10BrF2NO/c15-12-5-4-11(8-13(12)17)18-14(19)7-9-2-1-3-10(16)6-9/h1-6,8H,7H2,(H,18,19). The fourth-order valence-corrected chi connectivity index (χ4v) is 1.86. The fraction of sp³-hybridized carbons (Fsp3) is 0.0714. The van der Waals surface area contributed by atoms with Crippen LogP contribution in [-0.2, 0) is 11.2 Å². The van der Waals surface area contributed by atoms with E-state index in [0.717, 1.165) is 0 Å². The molecule has 0 spiro atoms. The Labute approximate surface area is 117 Å². The molecule has 2 rings (SSSR count). The van der Waals surface area contributed by atoms with Gasteiger partial charge >= 0.3 is 0 Å². The number of hydrogen-bond donors (Lipinski definition) is 1. The van der Waals surface area contributed by atoms with Crippen molar-refractivity contribution in [3.05, 3.63) is 64.1 Å². The van der Waals surface area contributed by atoms with Crippen LogP contribution < -0.4 is 5.32 Å². The van der Waals surface area contributed by atoms with Gasteiger partial charge in [0, 0.05) is 5.69 Å². The molecule has 0 heterocycles. The third kappa shape index (κ3) is 3.86. The number of halogens is 3. The van der Waals surface area contributed by atoms with E-state index in [-0.39, 0.29) is 18.1 Å². The van der Waals surface area contributed by atoms with Crippen LogP contribution in [0.15, 0.2) is 46.9 Å². The predicted octanol–water partition coefficient (Wildman–Crippen LogP) is 3.91. The normalized spacial score (nSPS) is 10.3. The summed E-state index contributed by atoms with van der Waals surface area (Å²) in [7, 11) is 0. The molecule has 2 aromatic carbocycles. The first-order chi connectivity index (χ1) is 9.04. The molecule has 0 aliphatic heterocycles. The van der Waals surface area contributed by atoms with Crippen molar-refractivity contribution in [1.82, 2.24) is 0 Å². The highest BCUT2D eigenvalue weighted by atomic mass is 79.9. The summed E-state index contributed by atoms with van der Waals surface area (Å²) in [6, 6.07) is 10.1. The van der Waals surface area contributed by atoms with Gasteiger partial charge in [0.15, 0.2) is 0 Å². The predicted molar refractivity (Wildman–Crippen MR) is 72.8 cm³/mol. The van der Waals surface area contributed by atoms with E-state index < -0.39 is 5.82 Å². The average Bonchev–Trinajstić information content (AvgIpc) is 2.34. The van der Waals surface area contributed by atoms with E-state index in [1.807, 2.05) is 0 Å². The van der Waals surface area contributed by atoms with Crippen molar-refractivity contribution < 1.29 is 13.6 Å². The lowest BCUT2D eigenvalue weighted by Gasteiger charge is -2.06. The minimum atomic E-state index is -0.455. The van der Waals surface area contributed by atoms with Crippen molar-refractivity contribution in [2.45, 2.75) is 6.42 Å². The molecule has 5 heteroatoms. The smallest absolute Gasteiger partial charge is 0.228 e. The number of carbonyl (C=O) groups is 1. The SMILES string of the molecule is O=C(Cc1cccc(F)c1)Nc1ccc(Br)c(F)c1. The van der Waals surface area contributed by atoms with E-state index in [1.165, 1.54) is 30.3 Å². The Morgan fingerprint density at radius 1 is 1.16 bits per heavy atom. The summed E-state index contributed by atoms with van der Waals surface area (Å²) in [6.45, 7) is 0. The Balaban J connectivity index is 2.03. The Morgan fingerprint density at radius 3 is 2.63 bits per heavy atom. The third-order valence-electron chi connectivity index (χ3n) is 2.46. The van der Waals surface area contributed by atoms with Crippen molar-refractivity contribution in [3.63, 3.8) is 0 Å². The average molecular weight is 326 g/mol. The first-order valence-electron chi connectivity index (χ1n) is 5.54. The van der Waals surface area contributed by atoms with Gasteiger partial charge in [0.2, 0.25) is 5.91 Å². The van der Waals surface area contributed by atoms with E-state index in [9.17, 15) is 13.6 Å². The molecule has 1 amide bonds. The zero-order valence-corrected chi connectivity index (χ0v) is 11.4. The van der Waals surface area contributed by atoms with Gasteiger partial charge in [0.05, 0.1) is 10.9 Å². The van der Waals surface area contributed by atoms with Gasteiger partial charge in [-0.3, -0.25) is 4.79 Å². The van der Waals surface area contributed by atoms with Crippen LogP contribution in [0.1, 0.15) is 5.56 Å². The van der Waals surface area contributed by atoms with Gasteiger partial charge in [0.1, 0.15) is 11.6 Å². The van der Waals surface area contributed by atoms with Gasteiger partial charge in [-0.2, -0.15) is 0 Å². The number of nitrogens with one attached hydrogen (secondary N) is 1. The summed E-state index contributed by atoms with van der Waals surface area (Å²) in [5.41, 5.74) is 0.928. The molecule has 0 unspecified atom stereocenters. The summed E-state index contributed by atoms with van der Waals surface area (Å²) >= 11 is 3.03. The lowest BCUT2D eigenvalue weighted by molar-refractivity contribution is -0.115. The number of anilines is 1. The monoisotopic (exact) mass is 325 g/mol. The number of carbonyl (C=O) groups excluding carboxylic acids is 1. The van der Waals surface area contributed by atoms with Crippen molar-refractivity contribution in [2.75, 3.05) is 5.32 Å². The maximum atomic E-state index is 13.3. The second-order valence-electron chi connectivity index (χ2n) is 3.98. The Morgan fingerprint density at radius 2 is 1.95 bits per heavy atom. The minimum Gasteiger partial charge on any atom is -0.326 e. The van der Waals surface area contributed by atoms with Crippen molar-refractivity contribution in [3.8, 4) is 0 Å². The molecule has 2 aromatic rings. The van der Waals surface area contributed by atoms with E-state index in [4.69, 9.17) is 0 Å². The van der Waals surface area contributed by atoms with Gasteiger partial charge in [-0.15, -0.1) is 0 Å². The molecule has 1 N–H and O–H groups in total. The molecule has 0 fully saturated rings. The summed E-state index contributed by atoms with van der Waals surface area (Å²) in [6.07, 6.45) is 0.0371. The van der Waals surface area contributed by atoms with Gasteiger partial charge in [-0.25, -0.2) is 8.78 Å². The van der Waals surface area contributed by atoms with Crippen LogP contribution in [0, 0.1) is 11.6 Å². The maximum absolute atomic E-state index is 13.3. The van der Waals surface area contributed by atoms with Gasteiger partial charge < -0.3 is 5.32 Å². The molecule has 0 aromatic heterocycles. The second kappa shape index (κ2) is 5.93. The molecule has 0 aliphatic carbocycles. The summed E-state index contributed by atoms with van der Waals surface area (Å²) in [4.78, 5) is 11.7. The molecule has 0 aliphatic rings. The molecule has 0 saturated carbocycles. The highest BCUT2D eigenvalue weighted by molar-refractivity contribution is 9.10. The maximum Gasteiger partial charge on any atom is 0.228 e. The zero-order valence-electron chi connectivity index (χ0n) is 9.79. The van der Waals surface area contributed by atoms with Crippen molar-refractivity contribution >= 4 is 27.5 Å². The Kier molecular flexibility index (Phi) is 4.27. The fourth-order valence-electron chi connectivity index (χ4n) is 1.61. The van der Waals surface area contributed by atoms with Crippen molar-refractivity contribution in [1.29, 1.82) is 0 Å². The largest absolute Gasteiger partial charge is 0.326 e. The van der Waals surface area contributed by atoms with E-state index in [2.05, 4.69) is 21.2 Å². The third-order valence-corrected chi connectivity index (χ3v) is 3.10. The molecular weight excluding hydrogens is 316 g/mol. The van der Waals surface area contributed by atoms with E-state index in [1.54, 1.807) is 12.1 Å². The van der Waals surface area contributed by atoms with E-state index >= 15 is 0 Å². The minimum absolute atomic E-state index is 0.0371. The van der Waals surface area contributed by atoms with Crippen LogP contribution in [-0.4, -0.2) is 5.91 Å². The molecule has 98 valence electrons. The molecular formula is C14H10BrF2NO. The molecule has 0 atom stereocenters.